The first kappa shape index (κ1) is 21.0. The zero-order valence-electron chi connectivity index (χ0n) is 17.0. The predicted molar refractivity (Wildman–Crippen MR) is 129 cm³/mol. The van der Waals surface area contributed by atoms with Crippen molar-refractivity contribution < 1.29 is 4.39 Å². The maximum Gasteiger partial charge on any atom is 0.141 e. The number of nitriles is 1. The highest BCUT2D eigenvalue weighted by atomic mass is 35.5. The fourth-order valence-corrected chi connectivity index (χ4v) is 4.06. The number of hydrogen-bond acceptors (Lipinski definition) is 5. The minimum absolute atomic E-state index is 0.0229. The molecule has 0 saturated carbocycles. The summed E-state index contributed by atoms with van der Waals surface area (Å²) >= 11 is 12.5. The van der Waals surface area contributed by atoms with Crippen LogP contribution in [0.2, 0.25) is 10.0 Å². The fraction of sp³-hybridized carbons (Fsp3) is 0.0417. The first-order valence-electron chi connectivity index (χ1n) is 9.93. The predicted octanol–water partition coefficient (Wildman–Crippen LogP) is 6.56. The highest BCUT2D eigenvalue weighted by molar-refractivity contribution is 6.36. The topological polar surface area (TPSA) is 78.0 Å². The summed E-state index contributed by atoms with van der Waals surface area (Å²) in [6.45, 7) is 0.509. The number of hydrogen-bond donors (Lipinski definition) is 2. The molecule has 162 valence electrons. The van der Waals surface area contributed by atoms with Gasteiger partial charge in [0.2, 0.25) is 0 Å². The summed E-state index contributed by atoms with van der Waals surface area (Å²) in [5.41, 5.74) is 4.47. The van der Waals surface area contributed by atoms with E-state index in [1.54, 1.807) is 12.1 Å². The van der Waals surface area contributed by atoms with Crippen LogP contribution in [0.4, 0.5) is 21.5 Å². The number of halogens is 3. The van der Waals surface area contributed by atoms with E-state index in [9.17, 15) is 9.65 Å². The SMILES string of the molecule is N#Cc1cnc2c(Cl)cc(NCc3cnc4ccccn34)cc2c1Nc1ccc(F)c(Cl)c1. The van der Waals surface area contributed by atoms with E-state index in [4.69, 9.17) is 23.2 Å². The Balaban J connectivity index is 1.54. The highest BCUT2D eigenvalue weighted by Gasteiger charge is 2.14. The molecular weight excluding hydrogens is 462 g/mol. The summed E-state index contributed by atoms with van der Waals surface area (Å²) in [5.74, 6) is -0.524. The van der Waals surface area contributed by atoms with Gasteiger partial charge in [-0.3, -0.25) is 4.98 Å². The molecule has 33 heavy (non-hydrogen) atoms. The third kappa shape index (κ3) is 4.02. The summed E-state index contributed by atoms with van der Waals surface area (Å²) < 4.78 is 15.6. The van der Waals surface area contributed by atoms with E-state index in [-0.39, 0.29) is 5.02 Å². The van der Waals surface area contributed by atoms with Gasteiger partial charge < -0.3 is 15.0 Å². The monoisotopic (exact) mass is 476 g/mol. The summed E-state index contributed by atoms with van der Waals surface area (Å²) in [6, 6.07) is 15.9. The van der Waals surface area contributed by atoms with E-state index in [1.165, 1.54) is 18.3 Å². The van der Waals surface area contributed by atoms with Crippen LogP contribution >= 0.6 is 23.2 Å². The second-order valence-electron chi connectivity index (χ2n) is 7.30. The number of nitrogens with zero attached hydrogens (tertiary/aromatic N) is 4. The molecule has 0 aliphatic heterocycles. The number of fused-ring (bicyclic) bond motifs is 2. The van der Waals surface area contributed by atoms with Crippen molar-refractivity contribution >= 4 is 56.8 Å². The summed E-state index contributed by atoms with van der Waals surface area (Å²) in [5, 5.41) is 17.2. The van der Waals surface area contributed by atoms with Crippen molar-refractivity contribution in [2.75, 3.05) is 10.6 Å². The maximum atomic E-state index is 13.6. The van der Waals surface area contributed by atoms with Crippen molar-refractivity contribution in [3.63, 3.8) is 0 Å². The first-order chi connectivity index (χ1) is 16.0. The molecule has 0 unspecified atom stereocenters. The Bertz CT molecular complexity index is 1560. The molecule has 5 rings (SSSR count). The molecule has 3 heterocycles. The number of benzene rings is 2. The third-order valence-electron chi connectivity index (χ3n) is 5.20. The lowest BCUT2D eigenvalue weighted by atomic mass is 10.1. The Morgan fingerprint density at radius 3 is 2.67 bits per heavy atom. The largest absolute Gasteiger partial charge is 0.379 e. The van der Waals surface area contributed by atoms with Crippen LogP contribution in [0, 0.1) is 17.1 Å². The molecule has 0 atom stereocenters. The molecule has 0 amide bonds. The second-order valence-corrected chi connectivity index (χ2v) is 8.11. The van der Waals surface area contributed by atoms with E-state index >= 15 is 0 Å². The van der Waals surface area contributed by atoms with Gasteiger partial charge >= 0.3 is 0 Å². The van der Waals surface area contributed by atoms with Crippen LogP contribution in [-0.2, 0) is 6.54 Å². The van der Waals surface area contributed by atoms with Crippen molar-refractivity contribution in [2.24, 2.45) is 0 Å². The molecule has 2 aromatic carbocycles. The Kier molecular flexibility index (Phi) is 5.47. The number of rotatable bonds is 5. The Morgan fingerprint density at radius 1 is 1.00 bits per heavy atom. The summed E-state index contributed by atoms with van der Waals surface area (Å²) in [7, 11) is 0. The molecule has 5 aromatic rings. The second kappa shape index (κ2) is 8.58. The molecule has 2 N–H and O–H groups in total. The number of nitrogens with one attached hydrogen (secondary N) is 2. The van der Waals surface area contributed by atoms with E-state index in [0.29, 0.717) is 39.4 Å². The third-order valence-corrected chi connectivity index (χ3v) is 5.78. The molecule has 6 nitrogen and oxygen atoms in total. The normalized spacial score (nSPS) is 11.0. The van der Waals surface area contributed by atoms with Gasteiger partial charge in [0.05, 0.1) is 45.2 Å². The minimum Gasteiger partial charge on any atom is -0.379 e. The van der Waals surface area contributed by atoms with Gasteiger partial charge in [-0.2, -0.15) is 5.26 Å². The van der Waals surface area contributed by atoms with Gasteiger partial charge in [-0.1, -0.05) is 29.3 Å². The molecular formula is C24H15Cl2FN6. The number of pyridine rings is 2. The molecule has 0 fully saturated rings. The zero-order valence-corrected chi connectivity index (χ0v) is 18.5. The van der Waals surface area contributed by atoms with E-state index in [1.807, 2.05) is 41.1 Å². The van der Waals surface area contributed by atoms with Crippen molar-refractivity contribution in [3.8, 4) is 6.07 Å². The molecule has 3 aromatic heterocycles. The van der Waals surface area contributed by atoms with Crippen LogP contribution in [0.3, 0.4) is 0 Å². The van der Waals surface area contributed by atoms with Crippen LogP contribution < -0.4 is 10.6 Å². The number of anilines is 3. The van der Waals surface area contributed by atoms with Gasteiger partial charge in [-0.25, -0.2) is 9.37 Å². The number of imidazole rings is 1. The van der Waals surface area contributed by atoms with Gasteiger partial charge in [-0.05, 0) is 42.5 Å². The van der Waals surface area contributed by atoms with Crippen molar-refractivity contribution in [3.05, 3.63) is 94.2 Å². The van der Waals surface area contributed by atoms with Crippen molar-refractivity contribution in [1.29, 1.82) is 5.26 Å². The lowest BCUT2D eigenvalue weighted by Gasteiger charge is -2.15. The molecule has 0 aliphatic rings. The van der Waals surface area contributed by atoms with Gasteiger partial charge in [-0.15, -0.1) is 0 Å². The van der Waals surface area contributed by atoms with Crippen LogP contribution in [0.1, 0.15) is 11.3 Å². The van der Waals surface area contributed by atoms with Gasteiger partial charge in [0, 0.05) is 29.2 Å². The molecule has 0 radical (unpaired) electrons. The smallest absolute Gasteiger partial charge is 0.141 e. The van der Waals surface area contributed by atoms with Gasteiger partial charge in [0.1, 0.15) is 17.5 Å². The molecule has 0 spiro atoms. The van der Waals surface area contributed by atoms with Crippen LogP contribution in [0.25, 0.3) is 16.6 Å². The maximum absolute atomic E-state index is 13.6. The molecule has 9 heteroatoms. The number of aromatic nitrogens is 3. The van der Waals surface area contributed by atoms with Crippen molar-refractivity contribution in [1.82, 2.24) is 14.4 Å². The average Bonchev–Trinajstić information content (AvgIpc) is 3.23. The average molecular weight is 477 g/mol. The Hall–Kier alpha value is -3.86. The Labute approximate surface area is 198 Å². The first-order valence-corrected chi connectivity index (χ1v) is 10.7. The lowest BCUT2D eigenvalue weighted by molar-refractivity contribution is 0.628. The van der Waals surface area contributed by atoms with Gasteiger partial charge in [0.15, 0.2) is 0 Å². The lowest BCUT2D eigenvalue weighted by Crippen LogP contribution is -2.03. The molecule has 0 saturated heterocycles. The summed E-state index contributed by atoms with van der Waals surface area (Å²) in [4.78, 5) is 8.75. The summed E-state index contributed by atoms with van der Waals surface area (Å²) in [6.07, 6.45) is 5.21. The van der Waals surface area contributed by atoms with E-state index in [0.717, 1.165) is 17.0 Å². The fourth-order valence-electron chi connectivity index (χ4n) is 3.61. The van der Waals surface area contributed by atoms with E-state index in [2.05, 4.69) is 26.7 Å². The molecule has 0 bridgehead atoms. The minimum atomic E-state index is -0.524. The Morgan fingerprint density at radius 2 is 1.85 bits per heavy atom. The van der Waals surface area contributed by atoms with Crippen molar-refractivity contribution in [2.45, 2.75) is 6.54 Å². The standard InChI is InChI=1S/C24H15Cl2FN6/c25-19-8-15(4-5-21(19)27)32-23-14(10-28)11-31-24-18(23)7-16(9-20(24)26)29-12-17-13-30-22-3-1-2-6-33(17)22/h1-9,11,13,29H,12H2,(H,31,32). The quantitative estimate of drug-likeness (QED) is 0.300. The van der Waals surface area contributed by atoms with Crippen LogP contribution in [0.15, 0.2) is 67.1 Å². The zero-order chi connectivity index (χ0) is 22.9. The highest BCUT2D eigenvalue weighted by Crippen LogP contribution is 2.35. The van der Waals surface area contributed by atoms with E-state index < -0.39 is 5.82 Å². The van der Waals surface area contributed by atoms with Crippen LogP contribution in [-0.4, -0.2) is 14.4 Å². The van der Waals surface area contributed by atoms with Crippen LogP contribution in [0.5, 0.6) is 0 Å². The molecule has 0 aliphatic carbocycles. The van der Waals surface area contributed by atoms with Gasteiger partial charge in [0.25, 0.3) is 0 Å².